The van der Waals surface area contributed by atoms with Crippen molar-refractivity contribution in [3.63, 3.8) is 0 Å². The maximum atomic E-state index is 2.31. The maximum Gasteiger partial charge on any atom is 0.00555 e. The summed E-state index contributed by atoms with van der Waals surface area (Å²) in [6.45, 7) is 0. The molecule has 2 aliphatic rings. The Labute approximate surface area is 37.2 Å². The van der Waals surface area contributed by atoms with Gasteiger partial charge in [0.2, 0.25) is 0 Å². The minimum atomic E-state index is 0.894. The van der Waals surface area contributed by atoms with Gasteiger partial charge in [-0.15, -0.1) is 0 Å². The summed E-state index contributed by atoms with van der Waals surface area (Å²) in [7, 11) is 0. The van der Waals surface area contributed by atoms with Crippen molar-refractivity contribution in [3.8, 4) is 0 Å². The van der Waals surface area contributed by atoms with Crippen molar-refractivity contribution in [1.29, 1.82) is 0 Å². The molecule has 0 aliphatic heterocycles. The molecule has 0 aromatic heterocycles. The molecule has 0 radical (unpaired) electrons. The van der Waals surface area contributed by atoms with Gasteiger partial charge in [-0.25, -0.2) is 0 Å². The molecule has 1 unspecified atom stereocenters. The number of allylic oxidation sites excluding steroid dienone is 4. The van der Waals surface area contributed by atoms with Crippen molar-refractivity contribution in [1.82, 2.24) is 0 Å². The fourth-order valence-electron chi connectivity index (χ4n) is 0.918. The molecular formula is C6H6. The van der Waals surface area contributed by atoms with Gasteiger partial charge in [-0.3, -0.25) is 0 Å². The van der Waals surface area contributed by atoms with Crippen LogP contribution in [0.2, 0.25) is 0 Å². The Kier molecular flexibility index (Phi) is 0.264. The second-order valence-corrected chi connectivity index (χ2v) is 1.91. The van der Waals surface area contributed by atoms with Crippen LogP contribution in [0.3, 0.4) is 0 Å². The van der Waals surface area contributed by atoms with Gasteiger partial charge in [-0.2, -0.15) is 0 Å². The lowest BCUT2D eigenvalue weighted by Gasteiger charge is -1.74. The van der Waals surface area contributed by atoms with E-state index < -0.39 is 0 Å². The molecule has 2 rings (SSSR count). The minimum Gasteiger partial charge on any atom is -0.0833 e. The quantitative estimate of drug-likeness (QED) is 0.412. The highest BCUT2D eigenvalue weighted by Crippen LogP contribution is 2.38. The average Bonchev–Trinajstić information content (AvgIpc) is 2.17. The van der Waals surface area contributed by atoms with Gasteiger partial charge in [0, 0.05) is 5.92 Å². The molecule has 0 saturated heterocycles. The molecule has 1 atom stereocenters. The van der Waals surface area contributed by atoms with E-state index in [1.54, 1.807) is 5.57 Å². The number of hydrogen-bond acceptors (Lipinski definition) is 0. The fourth-order valence-corrected chi connectivity index (χ4v) is 0.918. The Hall–Kier alpha value is -0.520. The third kappa shape index (κ3) is 0.162. The van der Waals surface area contributed by atoms with Gasteiger partial charge in [-0.1, -0.05) is 18.2 Å². The van der Waals surface area contributed by atoms with E-state index in [4.69, 9.17) is 0 Å². The second-order valence-electron chi connectivity index (χ2n) is 1.91. The highest BCUT2D eigenvalue weighted by Gasteiger charge is 2.23. The summed E-state index contributed by atoms with van der Waals surface area (Å²) in [5.41, 5.74) is 1.56. The molecule has 0 nitrogen and oxygen atoms in total. The lowest BCUT2D eigenvalue weighted by Crippen LogP contribution is -1.63. The van der Waals surface area contributed by atoms with Gasteiger partial charge < -0.3 is 0 Å². The molecule has 0 bridgehead atoms. The Bertz CT molecular complexity index is 129. The first-order valence-corrected chi connectivity index (χ1v) is 2.35. The van der Waals surface area contributed by atoms with E-state index >= 15 is 0 Å². The molecule has 0 saturated carbocycles. The largest absolute Gasteiger partial charge is 0.0833 e. The van der Waals surface area contributed by atoms with Crippen LogP contribution >= 0.6 is 0 Å². The van der Waals surface area contributed by atoms with Crippen molar-refractivity contribution < 1.29 is 0 Å². The molecule has 0 aromatic rings. The van der Waals surface area contributed by atoms with E-state index in [-0.39, 0.29) is 0 Å². The topological polar surface area (TPSA) is 0 Å². The van der Waals surface area contributed by atoms with Crippen molar-refractivity contribution in [3.05, 3.63) is 23.8 Å². The van der Waals surface area contributed by atoms with Crippen LogP contribution in [0.15, 0.2) is 23.8 Å². The van der Waals surface area contributed by atoms with E-state index in [1.807, 2.05) is 0 Å². The van der Waals surface area contributed by atoms with Crippen LogP contribution in [-0.2, 0) is 0 Å². The number of hydrogen-bond donors (Lipinski definition) is 0. The van der Waals surface area contributed by atoms with E-state index in [0.717, 1.165) is 5.92 Å². The third-order valence-corrected chi connectivity index (χ3v) is 1.41. The lowest BCUT2D eigenvalue weighted by atomic mass is 10.3. The van der Waals surface area contributed by atoms with Gasteiger partial charge in [-0.05, 0) is 12.0 Å². The summed E-state index contributed by atoms with van der Waals surface area (Å²) in [6, 6.07) is 0. The SMILES string of the molecule is C1=CC2=CC2C1. The van der Waals surface area contributed by atoms with Gasteiger partial charge in [0.05, 0.1) is 0 Å². The van der Waals surface area contributed by atoms with E-state index in [1.165, 1.54) is 6.42 Å². The first kappa shape index (κ1) is 2.62. The normalized spacial score (nSPS) is 36.0. The molecular weight excluding hydrogens is 72.1 g/mol. The highest BCUT2D eigenvalue weighted by molar-refractivity contribution is 5.44. The number of rotatable bonds is 0. The fraction of sp³-hybridized carbons (Fsp3) is 0.333. The Morgan fingerprint density at radius 2 is 2.67 bits per heavy atom. The zero-order chi connectivity index (χ0) is 3.98. The zero-order valence-corrected chi connectivity index (χ0v) is 3.52. The van der Waals surface area contributed by atoms with E-state index in [2.05, 4.69) is 18.2 Å². The Morgan fingerprint density at radius 3 is 2.83 bits per heavy atom. The highest BCUT2D eigenvalue weighted by atomic mass is 14.3. The monoisotopic (exact) mass is 78.0 g/mol. The molecule has 0 N–H and O–H groups in total. The van der Waals surface area contributed by atoms with Crippen LogP contribution in [0.25, 0.3) is 0 Å². The predicted octanol–water partition coefficient (Wildman–Crippen LogP) is 1.50. The summed E-state index contributed by atoms with van der Waals surface area (Å²) >= 11 is 0. The van der Waals surface area contributed by atoms with Crippen LogP contribution in [0, 0.1) is 5.92 Å². The van der Waals surface area contributed by atoms with Crippen LogP contribution in [0.4, 0.5) is 0 Å². The van der Waals surface area contributed by atoms with Crippen LogP contribution in [-0.4, -0.2) is 0 Å². The molecule has 6 heavy (non-hydrogen) atoms. The first-order chi connectivity index (χ1) is 2.97. The maximum absolute atomic E-state index is 2.31. The molecule has 0 aromatic carbocycles. The summed E-state index contributed by atoms with van der Waals surface area (Å²) < 4.78 is 0. The lowest BCUT2D eigenvalue weighted by molar-refractivity contribution is 0.955. The summed E-state index contributed by atoms with van der Waals surface area (Å²) in [6.07, 6.45) is 8.04. The van der Waals surface area contributed by atoms with Crippen molar-refractivity contribution in [2.45, 2.75) is 6.42 Å². The van der Waals surface area contributed by atoms with Gasteiger partial charge in [0.15, 0.2) is 0 Å². The molecule has 0 amide bonds. The van der Waals surface area contributed by atoms with Crippen LogP contribution in [0.5, 0.6) is 0 Å². The molecule has 0 heteroatoms. The van der Waals surface area contributed by atoms with Crippen LogP contribution < -0.4 is 0 Å². The smallest absolute Gasteiger partial charge is 0.00555 e. The molecule has 0 spiro atoms. The summed E-state index contributed by atoms with van der Waals surface area (Å²) in [4.78, 5) is 0. The van der Waals surface area contributed by atoms with E-state index in [9.17, 15) is 0 Å². The molecule has 0 fully saturated rings. The predicted molar refractivity (Wildman–Crippen MR) is 25.3 cm³/mol. The Morgan fingerprint density at radius 1 is 1.67 bits per heavy atom. The number of fused-ring (bicyclic) bond motifs is 1. The van der Waals surface area contributed by atoms with Gasteiger partial charge >= 0.3 is 0 Å². The molecule has 0 heterocycles. The Balaban J connectivity index is 2.42. The first-order valence-electron chi connectivity index (χ1n) is 2.35. The third-order valence-electron chi connectivity index (χ3n) is 1.41. The van der Waals surface area contributed by atoms with E-state index in [0.29, 0.717) is 0 Å². The summed E-state index contributed by atoms with van der Waals surface area (Å²) in [5, 5.41) is 0. The summed E-state index contributed by atoms with van der Waals surface area (Å²) in [5.74, 6) is 0.894. The molecule has 2 aliphatic carbocycles. The van der Waals surface area contributed by atoms with Crippen molar-refractivity contribution in [2.75, 3.05) is 0 Å². The minimum absolute atomic E-state index is 0.894. The van der Waals surface area contributed by atoms with Crippen molar-refractivity contribution in [2.24, 2.45) is 5.92 Å². The van der Waals surface area contributed by atoms with Crippen molar-refractivity contribution >= 4 is 0 Å². The zero-order valence-electron chi connectivity index (χ0n) is 3.52. The molecule has 30 valence electrons. The van der Waals surface area contributed by atoms with Gasteiger partial charge in [0.1, 0.15) is 0 Å². The van der Waals surface area contributed by atoms with Crippen LogP contribution in [0.1, 0.15) is 6.42 Å². The second kappa shape index (κ2) is 0.604. The van der Waals surface area contributed by atoms with Gasteiger partial charge in [0.25, 0.3) is 0 Å². The standard InChI is InChI=1S/C6H6/c1-2-5-4-6(5)3-1/h1-2,4,6H,3H2. The average molecular weight is 78.1 g/mol.